The lowest BCUT2D eigenvalue weighted by molar-refractivity contribution is 0.0519. The van der Waals surface area contributed by atoms with E-state index in [4.69, 9.17) is 9.47 Å². The van der Waals surface area contributed by atoms with Crippen LogP contribution in [0.15, 0.2) is 24.3 Å². The third kappa shape index (κ3) is 5.11. The minimum Gasteiger partial charge on any atom is -0.497 e. The van der Waals surface area contributed by atoms with E-state index in [1.54, 1.807) is 26.2 Å². The van der Waals surface area contributed by atoms with Crippen LogP contribution in [0.4, 0.5) is 0 Å². The van der Waals surface area contributed by atoms with E-state index in [-0.39, 0.29) is 19.7 Å². The number of aromatic amines is 1. The van der Waals surface area contributed by atoms with Gasteiger partial charge in [0, 0.05) is 12.2 Å². The number of benzene rings is 1. The average molecular weight is 394 g/mol. The zero-order chi connectivity index (χ0) is 20.2. The van der Waals surface area contributed by atoms with Crippen molar-refractivity contribution in [3.63, 3.8) is 0 Å². The first-order valence-corrected chi connectivity index (χ1v) is 10.4. The standard InChI is InChI=1S/C19H26N2O5S/c1-6-26-19(22)18-14(3)13(2)17(20-18)12-21(27(5,23)24)11-15-7-9-16(25-4)10-8-15/h7-10,20H,6,11-12H2,1-5H3. The lowest BCUT2D eigenvalue weighted by atomic mass is 10.1. The third-order valence-corrected chi connectivity index (χ3v) is 5.66. The maximum atomic E-state index is 12.3. The molecule has 0 saturated heterocycles. The fourth-order valence-corrected chi connectivity index (χ4v) is 3.47. The van der Waals surface area contributed by atoms with Gasteiger partial charge in [-0.05, 0) is 49.6 Å². The first-order chi connectivity index (χ1) is 12.7. The molecule has 0 aliphatic rings. The molecule has 7 nitrogen and oxygen atoms in total. The number of carbonyl (C=O) groups is 1. The molecule has 2 rings (SSSR count). The molecule has 0 saturated carbocycles. The van der Waals surface area contributed by atoms with Crippen LogP contribution in [0.25, 0.3) is 0 Å². The largest absolute Gasteiger partial charge is 0.497 e. The highest BCUT2D eigenvalue weighted by atomic mass is 32.2. The Morgan fingerprint density at radius 1 is 1.11 bits per heavy atom. The van der Waals surface area contributed by atoms with Crippen molar-refractivity contribution < 1.29 is 22.7 Å². The molecule has 1 N–H and O–H groups in total. The average Bonchev–Trinajstić information content (AvgIpc) is 2.90. The number of ether oxygens (including phenoxy) is 2. The van der Waals surface area contributed by atoms with Crippen LogP contribution in [-0.4, -0.2) is 43.6 Å². The number of hydrogen-bond donors (Lipinski definition) is 1. The summed E-state index contributed by atoms with van der Waals surface area (Å²) in [7, 11) is -1.88. The van der Waals surface area contributed by atoms with E-state index in [0.717, 1.165) is 16.7 Å². The minimum atomic E-state index is -3.46. The van der Waals surface area contributed by atoms with E-state index in [1.165, 1.54) is 10.6 Å². The summed E-state index contributed by atoms with van der Waals surface area (Å²) in [4.78, 5) is 15.1. The Hall–Kier alpha value is -2.32. The summed E-state index contributed by atoms with van der Waals surface area (Å²) in [6, 6.07) is 7.24. The van der Waals surface area contributed by atoms with Gasteiger partial charge in [0.05, 0.1) is 26.5 Å². The fourth-order valence-electron chi connectivity index (χ4n) is 2.72. The van der Waals surface area contributed by atoms with Crippen molar-refractivity contribution in [3.8, 4) is 5.75 Å². The predicted molar refractivity (Wildman–Crippen MR) is 103 cm³/mol. The Morgan fingerprint density at radius 3 is 2.26 bits per heavy atom. The molecule has 8 heteroatoms. The van der Waals surface area contributed by atoms with Crippen molar-refractivity contribution in [2.75, 3.05) is 20.0 Å². The Morgan fingerprint density at radius 2 is 1.74 bits per heavy atom. The van der Waals surface area contributed by atoms with Crippen LogP contribution in [0.5, 0.6) is 5.75 Å². The molecule has 0 amide bonds. The fraction of sp³-hybridized carbons (Fsp3) is 0.421. The molecule has 0 aliphatic heterocycles. The molecule has 0 radical (unpaired) electrons. The molecule has 0 atom stereocenters. The summed E-state index contributed by atoms with van der Waals surface area (Å²) in [5.74, 6) is 0.269. The van der Waals surface area contributed by atoms with Crippen LogP contribution < -0.4 is 4.74 Å². The number of rotatable bonds is 8. The van der Waals surface area contributed by atoms with Crippen molar-refractivity contribution in [1.82, 2.24) is 9.29 Å². The molecular formula is C19H26N2O5S. The summed E-state index contributed by atoms with van der Waals surface area (Å²) in [5, 5.41) is 0. The SMILES string of the molecule is CCOC(=O)c1[nH]c(CN(Cc2ccc(OC)cc2)S(C)(=O)=O)c(C)c1C. The van der Waals surface area contributed by atoms with Gasteiger partial charge in [0.2, 0.25) is 10.0 Å². The molecule has 0 aliphatic carbocycles. The first kappa shape index (κ1) is 21.0. The van der Waals surface area contributed by atoms with E-state index in [1.807, 2.05) is 26.0 Å². The number of aromatic nitrogens is 1. The van der Waals surface area contributed by atoms with Crippen molar-refractivity contribution in [1.29, 1.82) is 0 Å². The van der Waals surface area contributed by atoms with Gasteiger partial charge in [-0.3, -0.25) is 0 Å². The molecule has 0 unspecified atom stereocenters. The first-order valence-electron chi connectivity index (χ1n) is 8.60. The van der Waals surface area contributed by atoms with E-state index in [2.05, 4.69) is 4.98 Å². The number of sulfonamides is 1. The Kier molecular flexibility index (Phi) is 6.67. The van der Waals surface area contributed by atoms with Crippen molar-refractivity contribution in [2.45, 2.75) is 33.9 Å². The van der Waals surface area contributed by atoms with Crippen LogP contribution in [0, 0.1) is 13.8 Å². The molecular weight excluding hydrogens is 368 g/mol. The summed E-state index contributed by atoms with van der Waals surface area (Å²) >= 11 is 0. The Labute approximate surface area is 160 Å². The van der Waals surface area contributed by atoms with Gasteiger partial charge in [0.1, 0.15) is 11.4 Å². The molecule has 2 aromatic rings. The van der Waals surface area contributed by atoms with E-state index in [0.29, 0.717) is 17.1 Å². The topological polar surface area (TPSA) is 88.7 Å². The maximum Gasteiger partial charge on any atom is 0.355 e. The third-order valence-electron chi connectivity index (χ3n) is 4.47. The molecule has 1 aromatic carbocycles. The highest BCUT2D eigenvalue weighted by Gasteiger charge is 2.23. The molecule has 1 heterocycles. The lowest BCUT2D eigenvalue weighted by Crippen LogP contribution is -2.29. The van der Waals surface area contributed by atoms with E-state index < -0.39 is 16.0 Å². The number of nitrogens with zero attached hydrogens (tertiary/aromatic N) is 1. The molecule has 0 bridgehead atoms. The highest BCUT2D eigenvalue weighted by molar-refractivity contribution is 7.88. The van der Waals surface area contributed by atoms with Gasteiger partial charge in [-0.2, -0.15) is 4.31 Å². The molecule has 1 aromatic heterocycles. The van der Waals surface area contributed by atoms with Crippen LogP contribution in [0.1, 0.15) is 39.8 Å². The minimum absolute atomic E-state index is 0.136. The summed E-state index contributed by atoms with van der Waals surface area (Å²) in [5.41, 5.74) is 3.49. The van der Waals surface area contributed by atoms with E-state index in [9.17, 15) is 13.2 Å². The zero-order valence-electron chi connectivity index (χ0n) is 16.3. The van der Waals surface area contributed by atoms with Gasteiger partial charge in [-0.1, -0.05) is 12.1 Å². The second-order valence-corrected chi connectivity index (χ2v) is 8.31. The normalized spacial score (nSPS) is 11.6. The lowest BCUT2D eigenvalue weighted by Gasteiger charge is -2.20. The van der Waals surface area contributed by atoms with Gasteiger partial charge >= 0.3 is 5.97 Å². The van der Waals surface area contributed by atoms with E-state index >= 15 is 0 Å². The van der Waals surface area contributed by atoms with Gasteiger partial charge < -0.3 is 14.5 Å². The second-order valence-electron chi connectivity index (χ2n) is 6.33. The van der Waals surface area contributed by atoms with Gasteiger partial charge in [0.15, 0.2) is 0 Å². The monoisotopic (exact) mass is 394 g/mol. The summed E-state index contributed by atoms with van der Waals surface area (Å²) in [6.45, 7) is 6.04. The van der Waals surface area contributed by atoms with Crippen molar-refractivity contribution in [3.05, 3.63) is 52.3 Å². The second kappa shape index (κ2) is 8.58. The van der Waals surface area contributed by atoms with Gasteiger partial charge in [-0.15, -0.1) is 0 Å². The van der Waals surface area contributed by atoms with Gasteiger partial charge in [-0.25, -0.2) is 13.2 Å². The van der Waals surface area contributed by atoms with Crippen LogP contribution in [0.2, 0.25) is 0 Å². The van der Waals surface area contributed by atoms with Crippen LogP contribution in [-0.2, 0) is 27.8 Å². The maximum absolute atomic E-state index is 12.3. The number of H-pyrrole nitrogens is 1. The van der Waals surface area contributed by atoms with Crippen molar-refractivity contribution >= 4 is 16.0 Å². The van der Waals surface area contributed by atoms with Crippen LogP contribution in [0.3, 0.4) is 0 Å². The number of carbonyl (C=O) groups excluding carboxylic acids is 1. The number of hydrogen-bond acceptors (Lipinski definition) is 5. The highest BCUT2D eigenvalue weighted by Crippen LogP contribution is 2.22. The van der Waals surface area contributed by atoms with Crippen molar-refractivity contribution in [2.24, 2.45) is 0 Å². The predicted octanol–water partition coefficient (Wildman–Crippen LogP) is 2.78. The molecule has 0 spiro atoms. The summed E-state index contributed by atoms with van der Waals surface area (Å²) in [6.07, 6.45) is 1.17. The zero-order valence-corrected chi connectivity index (χ0v) is 17.1. The smallest absolute Gasteiger partial charge is 0.355 e. The quantitative estimate of drug-likeness (QED) is 0.696. The number of esters is 1. The molecule has 0 fully saturated rings. The number of methoxy groups -OCH3 is 1. The summed E-state index contributed by atoms with van der Waals surface area (Å²) < 4.78 is 36.1. The molecule has 27 heavy (non-hydrogen) atoms. The Bertz CT molecular complexity index is 901. The molecule has 148 valence electrons. The number of nitrogens with one attached hydrogen (secondary N) is 1. The Balaban J connectivity index is 2.29. The van der Waals surface area contributed by atoms with Gasteiger partial charge in [0.25, 0.3) is 0 Å². The van der Waals surface area contributed by atoms with Crippen LogP contribution >= 0.6 is 0 Å².